The van der Waals surface area contributed by atoms with Crippen LogP contribution in [-0.4, -0.2) is 4.98 Å². The van der Waals surface area contributed by atoms with E-state index in [1.165, 1.54) is 18.3 Å². The molecule has 0 saturated heterocycles. The monoisotopic (exact) mass is 269 g/mol. The smallest absolute Gasteiger partial charge is 0.126 e. The first-order valence-corrected chi connectivity index (χ1v) is 5.51. The minimum absolute atomic E-state index is 0.352. The van der Waals surface area contributed by atoms with Crippen molar-refractivity contribution in [1.29, 1.82) is 0 Å². The third-order valence-corrected chi connectivity index (χ3v) is 2.65. The number of halogens is 3. The van der Waals surface area contributed by atoms with Gasteiger partial charge in [0.25, 0.3) is 0 Å². The first-order chi connectivity index (χ1) is 8.60. The molecule has 0 aliphatic heterocycles. The predicted molar refractivity (Wildman–Crippen MR) is 64.8 cm³/mol. The van der Waals surface area contributed by atoms with Gasteiger partial charge in [0.1, 0.15) is 11.6 Å². The summed E-state index contributed by atoms with van der Waals surface area (Å²) in [6, 6.07) is 5.85. The van der Waals surface area contributed by atoms with Gasteiger partial charge in [-0.15, -0.1) is 0 Å². The van der Waals surface area contributed by atoms with Gasteiger partial charge in [-0.2, -0.15) is 0 Å². The standard InChI is InChI=1S/C12H10ClF2N3/c13-8-1-2-11(17-6-8)12(18-16)7-3-9(14)5-10(15)4-7/h1-6,12,18H,16H2. The Kier molecular flexibility index (Phi) is 3.86. The van der Waals surface area contributed by atoms with E-state index in [0.717, 1.165) is 6.07 Å². The zero-order chi connectivity index (χ0) is 13.1. The molecule has 2 aromatic rings. The predicted octanol–water partition coefficient (Wildman–Crippen LogP) is 2.57. The summed E-state index contributed by atoms with van der Waals surface area (Å²) < 4.78 is 26.3. The lowest BCUT2D eigenvalue weighted by molar-refractivity contribution is 0.563. The van der Waals surface area contributed by atoms with E-state index in [9.17, 15) is 8.78 Å². The average molecular weight is 270 g/mol. The van der Waals surface area contributed by atoms with E-state index in [0.29, 0.717) is 16.3 Å². The van der Waals surface area contributed by atoms with Gasteiger partial charge < -0.3 is 0 Å². The second-order valence-electron chi connectivity index (χ2n) is 3.70. The Morgan fingerprint density at radius 3 is 2.33 bits per heavy atom. The van der Waals surface area contributed by atoms with Crippen molar-refractivity contribution >= 4 is 11.6 Å². The number of nitrogens with zero attached hydrogens (tertiary/aromatic N) is 1. The van der Waals surface area contributed by atoms with E-state index in [2.05, 4.69) is 10.4 Å². The molecule has 3 nitrogen and oxygen atoms in total. The molecule has 0 amide bonds. The second-order valence-corrected chi connectivity index (χ2v) is 4.14. The molecule has 1 aromatic carbocycles. The Morgan fingerprint density at radius 1 is 1.17 bits per heavy atom. The molecular formula is C12H10ClF2N3. The highest BCUT2D eigenvalue weighted by molar-refractivity contribution is 6.30. The fourth-order valence-corrected chi connectivity index (χ4v) is 1.76. The zero-order valence-corrected chi connectivity index (χ0v) is 9.96. The molecule has 0 aliphatic rings. The maximum atomic E-state index is 13.2. The second kappa shape index (κ2) is 5.39. The van der Waals surface area contributed by atoms with E-state index >= 15 is 0 Å². The van der Waals surface area contributed by atoms with Gasteiger partial charge in [-0.3, -0.25) is 10.8 Å². The lowest BCUT2D eigenvalue weighted by Crippen LogP contribution is -2.29. The number of nitrogens with one attached hydrogen (secondary N) is 1. The van der Waals surface area contributed by atoms with Crippen molar-refractivity contribution in [3.05, 3.63) is 64.4 Å². The number of pyridine rings is 1. The molecule has 94 valence electrons. The molecule has 0 saturated carbocycles. The molecule has 3 N–H and O–H groups in total. The average Bonchev–Trinajstić information content (AvgIpc) is 2.31. The normalized spacial score (nSPS) is 12.4. The van der Waals surface area contributed by atoms with Crippen LogP contribution >= 0.6 is 11.6 Å². The maximum Gasteiger partial charge on any atom is 0.126 e. The summed E-state index contributed by atoms with van der Waals surface area (Å²) in [5, 5.41) is 0.472. The van der Waals surface area contributed by atoms with Crippen LogP contribution in [-0.2, 0) is 0 Å². The molecule has 0 spiro atoms. The van der Waals surface area contributed by atoms with Crippen LogP contribution in [0.1, 0.15) is 17.3 Å². The van der Waals surface area contributed by atoms with Crippen LogP contribution < -0.4 is 11.3 Å². The topological polar surface area (TPSA) is 50.9 Å². The van der Waals surface area contributed by atoms with E-state index in [4.69, 9.17) is 17.4 Å². The number of hydrazine groups is 1. The molecule has 2 rings (SSSR count). The fourth-order valence-electron chi connectivity index (χ4n) is 1.65. The Morgan fingerprint density at radius 2 is 1.83 bits per heavy atom. The minimum atomic E-state index is -0.667. The van der Waals surface area contributed by atoms with Gasteiger partial charge in [0, 0.05) is 12.3 Å². The van der Waals surface area contributed by atoms with Crippen LogP contribution in [0.5, 0.6) is 0 Å². The van der Waals surface area contributed by atoms with Gasteiger partial charge in [0.15, 0.2) is 0 Å². The van der Waals surface area contributed by atoms with Crippen molar-refractivity contribution in [2.45, 2.75) is 6.04 Å². The van der Waals surface area contributed by atoms with Crippen molar-refractivity contribution in [3.8, 4) is 0 Å². The van der Waals surface area contributed by atoms with Crippen LogP contribution in [0.4, 0.5) is 8.78 Å². The van der Waals surface area contributed by atoms with Crippen LogP contribution in [0.15, 0.2) is 36.5 Å². The molecule has 1 atom stereocenters. The van der Waals surface area contributed by atoms with Gasteiger partial charge in [-0.1, -0.05) is 11.6 Å². The number of rotatable bonds is 3. The first-order valence-electron chi connectivity index (χ1n) is 5.13. The largest absolute Gasteiger partial charge is 0.271 e. The lowest BCUT2D eigenvalue weighted by atomic mass is 10.0. The van der Waals surface area contributed by atoms with E-state index in [1.54, 1.807) is 12.1 Å². The molecule has 6 heteroatoms. The highest BCUT2D eigenvalue weighted by Gasteiger charge is 2.15. The number of hydrogen-bond acceptors (Lipinski definition) is 3. The summed E-state index contributed by atoms with van der Waals surface area (Å²) in [4.78, 5) is 4.07. The number of aromatic nitrogens is 1. The molecule has 0 bridgehead atoms. The number of benzene rings is 1. The summed E-state index contributed by atoms with van der Waals surface area (Å²) in [6.45, 7) is 0. The highest BCUT2D eigenvalue weighted by atomic mass is 35.5. The van der Waals surface area contributed by atoms with Crippen LogP contribution in [0.25, 0.3) is 0 Å². The summed E-state index contributed by atoms with van der Waals surface area (Å²) in [5.74, 6) is 4.07. The van der Waals surface area contributed by atoms with Crippen molar-refractivity contribution in [2.75, 3.05) is 0 Å². The van der Waals surface area contributed by atoms with E-state index in [1.807, 2.05) is 0 Å². The molecule has 1 heterocycles. The molecular weight excluding hydrogens is 260 g/mol. The van der Waals surface area contributed by atoms with Crippen molar-refractivity contribution < 1.29 is 8.78 Å². The van der Waals surface area contributed by atoms with Gasteiger partial charge in [0.2, 0.25) is 0 Å². The van der Waals surface area contributed by atoms with E-state index < -0.39 is 17.7 Å². The van der Waals surface area contributed by atoms with Gasteiger partial charge in [0.05, 0.1) is 16.8 Å². The summed E-state index contributed by atoms with van der Waals surface area (Å²) in [5.41, 5.74) is 3.34. The molecule has 1 aromatic heterocycles. The first kappa shape index (κ1) is 12.9. The zero-order valence-electron chi connectivity index (χ0n) is 9.20. The van der Waals surface area contributed by atoms with Crippen LogP contribution in [0.3, 0.4) is 0 Å². The minimum Gasteiger partial charge on any atom is -0.271 e. The van der Waals surface area contributed by atoms with Crippen molar-refractivity contribution in [3.63, 3.8) is 0 Å². The SMILES string of the molecule is NNC(c1cc(F)cc(F)c1)c1ccc(Cl)cn1. The van der Waals surface area contributed by atoms with Gasteiger partial charge in [-0.25, -0.2) is 14.2 Å². The maximum absolute atomic E-state index is 13.2. The summed E-state index contributed by atoms with van der Waals surface area (Å²) >= 11 is 5.72. The lowest BCUT2D eigenvalue weighted by Gasteiger charge is -2.16. The van der Waals surface area contributed by atoms with Crippen LogP contribution in [0.2, 0.25) is 5.02 Å². The number of hydrogen-bond donors (Lipinski definition) is 2. The summed E-state index contributed by atoms with van der Waals surface area (Å²) in [6.07, 6.45) is 1.44. The Bertz CT molecular complexity index is 525. The molecule has 0 aliphatic carbocycles. The Labute approximate surface area is 108 Å². The van der Waals surface area contributed by atoms with Crippen molar-refractivity contribution in [1.82, 2.24) is 10.4 Å². The van der Waals surface area contributed by atoms with Crippen molar-refractivity contribution in [2.24, 2.45) is 5.84 Å². The Hall–Kier alpha value is -1.56. The third-order valence-electron chi connectivity index (χ3n) is 2.43. The highest BCUT2D eigenvalue weighted by Crippen LogP contribution is 2.22. The number of nitrogens with two attached hydrogens (primary N) is 1. The third kappa shape index (κ3) is 2.81. The molecule has 18 heavy (non-hydrogen) atoms. The Balaban J connectivity index is 2.41. The van der Waals surface area contributed by atoms with Crippen LogP contribution in [0, 0.1) is 11.6 Å². The molecule has 0 fully saturated rings. The van der Waals surface area contributed by atoms with Gasteiger partial charge >= 0.3 is 0 Å². The fraction of sp³-hybridized carbons (Fsp3) is 0.0833. The summed E-state index contributed by atoms with van der Waals surface area (Å²) in [7, 11) is 0. The molecule has 1 unspecified atom stereocenters. The van der Waals surface area contributed by atoms with Gasteiger partial charge in [-0.05, 0) is 29.8 Å². The molecule has 0 radical (unpaired) electrons. The quantitative estimate of drug-likeness (QED) is 0.665. The van der Waals surface area contributed by atoms with E-state index in [-0.39, 0.29) is 0 Å².